The van der Waals surface area contributed by atoms with Gasteiger partial charge in [-0.2, -0.15) is 0 Å². The highest BCUT2D eigenvalue weighted by molar-refractivity contribution is 6.15. The lowest BCUT2D eigenvalue weighted by atomic mass is 9.89. The van der Waals surface area contributed by atoms with Gasteiger partial charge in [0.05, 0.1) is 33.1 Å². The van der Waals surface area contributed by atoms with Crippen molar-refractivity contribution in [1.29, 1.82) is 0 Å². The average molecular weight is 332 g/mol. The monoisotopic (exact) mass is 332 g/mol. The van der Waals surface area contributed by atoms with Crippen molar-refractivity contribution in [2.45, 2.75) is 6.04 Å². The molecule has 0 bridgehead atoms. The Morgan fingerprint density at radius 2 is 1.75 bits per heavy atom. The summed E-state index contributed by atoms with van der Waals surface area (Å²) < 4.78 is 29.8. The first-order valence-electron chi connectivity index (χ1n) is 7.18. The third-order valence-corrected chi connectivity index (χ3v) is 4.03. The fourth-order valence-electron chi connectivity index (χ4n) is 2.84. The molecular formula is C17H17FN2O4. The van der Waals surface area contributed by atoms with Crippen LogP contribution in [0.2, 0.25) is 0 Å². The Labute approximate surface area is 138 Å². The first-order valence-corrected chi connectivity index (χ1v) is 7.18. The molecule has 1 aliphatic rings. The number of aromatic nitrogens is 1. The van der Waals surface area contributed by atoms with E-state index in [0.29, 0.717) is 34.1 Å². The van der Waals surface area contributed by atoms with Crippen LogP contribution in [0.4, 0.5) is 10.1 Å². The number of β-lactam (4-membered cyclic amide) rings is 1. The van der Waals surface area contributed by atoms with Crippen molar-refractivity contribution >= 4 is 11.6 Å². The molecule has 2 heterocycles. The van der Waals surface area contributed by atoms with Crippen LogP contribution in [0.3, 0.4) is 0 Å². The number of aromatic amines is 1. The second-order valence-corrected chi connectivity index (χ2v) is 5.25. The van der Waals surface area contributed by atoms with Crippen LogP contribution in [-0.4, -0.2) is 32.2 Å². The number of amides is 1. The van der Waals surface area contributed by atoms with Gasteiger partial charge in [0, 0.05) is 35.7 Å². The van der Waals surface area contributed by atoms with Crippen LogP contribution in [0, 0.1) is 5.82 Å². The third-order valence-electron chi connectivity index (χ3n) is 4.03. The number of benzene rings is 1. The molecule has 3 rings (SSSR count). The summed E-state index contributed by atoms with van der Waals surface area (Å²) in [6.07, 6.45) is 2.75. The summed E-state index contributed by atoms with van der Waals surface area (Å²) in [7, 11) is 4.47. The number of hydrogen-bond acceptors (Lipinski definition) is 4. The topological polar surface area (TPSA) is 63.8 Å². The van der Waals surface area contributed by atoms with Gasteiger partial charge in [-0.25, -0.2) is 4.39 Å². The quantitative estimate of drug-likeness (QED) is 0.675. The minimum absolute atomic E-state index is 0.283. The van der Waals surface area contributed by atoms with Crippen LogP contribution in [0.1, 0.15) is 11.6 Å². The van der Waals surface area contributed by atoms with Gasteiger partial charge < -0.3 is 19.2 Å². The van der Waals surface area contributed by atoms with Gasteiger partial charge in [-0.05, 0) is 0 Å². The second kappa shape index (κ2) is 5.92. The zero-order valence-electron chi connectivity index (χ0n) is 13.6. The van der Waals surface area contributed by atoms with Gasteiger partial charge in [0.2, 0.25) is 5.75 Å². The van der Waals surface area contributed by atoms with Crippen LogP contribution < -0.4 is 19.1 Å². The molecule has 7 heteroatoms. The van der Waals surface area contributed by atoms with E-state index >= 15 is 0 Å². The number of carbonyl (C=O) groups is 1. The smallest absolute Gasteiger partial charge is 0.256 e. The maximum Gasteiger partial charge on any atom is 0.256 e. The fourth-order valence-corrected chi connectivity index (χ4v) is 2.84. The highest BCUT2D eigenvalue weighted by Gasteiger charge is 2.44. The largest absolute Gasteiger partial charge is 0.493 e. The van der Waals surface area contributed by atoms with Gasteiger partial charge in [-0.1, -0.05) is 6.58 Å². The predicted octanol–water partition coefficient (Wildman–Crippen LogP) is 2.82. The number of rotatable bonds is 5. The first-order chi connectivity index (χ1) is 11.5. The molecule has 0 radical (unpaired) electrons. The predicted molar refractivity (Wildman–Crippen MR) is 86.2 cm³/mol. The number of halogens is 1. The zero-order valence-corrected chi connectivity index (χ0v) is 13.6. The van der Waals surface area contributed by atoms with Gasteiger partial charge >= 0.3 is 0 Å². The number of nitrogens with one attached hydrogen (secondary N) is 1. The van der Waals surface area contributed by atoms with Gasteiger partial charge in [0.15, 0.2) is 11.5 Å². The van der Waals surface area contributed by atoms with E-state index in [2.05, 4.69) is 11.6 Å². The van der Waals surface area contributed by atoms with E-state index in [-0.39, 0.29) is 5.91 Å². The van der Waals surface area contributed by atoms with E-state index in [9.17, 15) is 9.18 Å². The Morgan fingerprint density at radius 1 is 1.12 bits per heavy atom. The number of ether oxygens (including phenoxy) is 3. The Bertz CT molecular complexity index is 790. The van der Waals surface area contributed by atoms with Crippen molar-refractivity contribution < 1.29 is 23.4 Å². The van der Waals surface area contributed by atoms with E-state index in [1.165, 1.54) is 38.6 Å². The molecule has 24 heavy (non-hydrogen) atoms. The molecule has 1 atom stereocenters. The van der Waals surface area contributed by atoms with E-state index in [1.54, 1.807) is 12.1 Å². The molecule has 0 unspecified atom stereocenters. The van der Waals surface area contributed by atoms with E-state index in [1.807, 2.05) is 0 Å². The molecule has 0 aliphatic carbocycles. The van der Waals surface area contributed by atoms with Crippen LogP contribution in [0.5, 0.6) is 17.2 Å². The molecule has 1 amide bonds. The van der Waals surface area contributed by atoms with Crippen molar-refractivity contribution in [2.24, 2.45) is 0 Å². The van der Waals surface area contributed by atoms with Gasteiger partial charge in [-0.3, -0.25) is 9.69 Å². The summed E-state index contributed by atoms with van der Waals surface area (Å²) >= 11 is 0. The molecule has 0 saturated carbocycles. The normalized spacial score (nSPS) is 16.8. The Kier molecular flexibility index (Phi) is 3.92. The highest BCUT2D eigenvalue weighted by atomic mass is 19.1. The Balaban J connectivity index is 2.09. The molecule has 1 aromatic heterocycles. The lowest BCUT2D eigenvalue weighted by Gasteiger charge is -2.42. The molecule has 2 aromatic rings. The number of H-pyrrole nitrogens is 1. The molecule has 1 aliphatic heterocycles. The minimum Gasteiger partial charge on any atom is -0.493 e. The Morgan fingerprint density at radius 3 is 2.21 bits per heavy atom. The van der Waals surface area contributed by atoms with Gasteiger partial charge in [0.1, 0.15) is 5.82 Å². The van der Waals surface area contributed by atoms with Gasteiger partial charge in [0.25, 0.3) is 5.91 Å². The highest BCUT2D eigenvalue weighted by Crippen LogP contribution is 2.48. The van der Waals surface area contributed by atoms with E-state index < -0.39 is 11.9 Å². The SMILES string of the molecule is C=C1C(=O)N(c2cc(OC)c(OC)c(OC)c2)[C@H]1c1c[nH]cc1F. The van der Waals surface area contributed by atoms with Crippen LogP contribution in [-0.2, 0) is 4.79 Å². The maximum absolute atomic E-state index is 13.9. The molecule has 0 spiro atoms. The van der Waals surface area contributed by atoms with Crippen molar-refractivity contribution in [1.82, 2.24) is 4.98 Å². The second-order valence-electron chi connectivity index (χ2n) is 5.25. The first kappa shape index (κ1) is 15.9. The summed E-state index contributed by atoms with van der Waals surface area (Å²) in [4.78, 5) is 16.5. The molecule has 1 N–H and O–H groups in total. The average Bonchev–Trinajstić information content (AvgIpc) is 3.02. The Hall–Kier alpha value is -2.96. The van der Waals surface area contributed by atoms with E-state index in [0.717, 1.165) is 0 Å². The van der Waals surface area contributed by atoms with E-state index in [4.69, 9.17) is 14.2 Å². The standard InChI is InChI=1S/C17H17FN2O4/c1-9-15(11-7-19-8-12(11)18)20(17(9)21)10-5-13(22-2)16(24-4)14(6-10)23-3/h5-8,15,19H,1H2,2-4H3/t15-/m1/s1. The summed E-state index contributed by atoms with van der Waals surface area (Å²) in [6, 6.07) is 2.71. The molecular weight excluding hydrogens is 315 g/mol. The van der Waals surface area contributed by atoms with Crippen molar-refractivity contribution in [3.8, 4) is 17.2 Å². The summed E-state index contributed by atoms with van der Waals surface area (Å²) in [5.74, 6) is 0.525. The van der Waals surface area contributed by atoms with Crippen molar-refractivity contribution in [3.63, 3.8) is 0 Å². The van der Waals surface area contributed by atoms with Crippen LogP contribution in [0.25, 0.3) is 0 Å². The zero-order chi connectivity index (χ0) is 17.4. The fraction of sp³-hybridized carbons (Fsp3) is 0.235. The van der Waals surface area contributed by atoms with Crippen molar-refractivity contribution in [3.05, 3.63) is 48.1 Å². The number of carbonyl (C=O) groups excluding carboxylic acids is 1. The summed E-state index contributed by atoms with van der Waals surface area (Å²) in [5, 5.41) is 0. The summed E-state index contributed by atoms with van der Waals surface area (Å²) in [5.41, 5.74) is 1.18. The number of anilines is 1. The van der Waals surface area contributed by atoms with Crippen LogP contribution >= 0.6 is 0 Å². The van der Waals surface area contributed by atoms with Crippen LogP contribution in [0.15, 0.2) is 36.7 Å². The molecule has 6 nitrogen and oxygen atoms in total. The lowest BCUT2D eigenvalue weighted by molar-refractivity contribution is -0.119. The molecule has 126 valence electrons. The van der Waals surface area contributed by atoms with Crippen molar-refractivity contribution in [2.75, 3.05) is 26.2 Å². The number of nitrogens with zero attached hydrogens (tertiary/aromatic N) is 1. The molecule has 1 aromatic carbocycles. The molecule has 1 saturated heterocycles. The third kappa shape index (κ3) is 2.20. The number of hydrogen-bond donors (Lipinski definition) is 1. The number of methoxy groups -OCH3 is 3. The summed E-state index contributed by atoms with van der Waals surface area (Å²) in [6.45, 7) is 3.76. The maximum atomic E-state index is 13.9. The lowest BCUT2D eigenvalue weighted by Crippen LogP contribution is -2.49. The van der Waals surface area contributed by atoms with Gasteiger partial charge in [-0.15, -0.1) is 0 Å². The minimum atomic E-state index is -0.577. The molecule has 1 fully saturated rings.